The third-order valence-electron chi connectivity index (χ3n) is 5.09. The Bertz CT molecular complexity index is 765. The van der Waals surface area contributed by atoms with Crippen LogP contribution in [0.3, 0.4) is 0 Å². The lowest BCUT2D eigenvalue weighted by Crippen LogP contribution is -2.47. The molecule has 0 amide bonds. The van der Waals surface area contributed by atoms with Gasteiger partial charge in [-0.2, -0.15) is 0 Å². The van der Waals surface area contributed by atoms with Crippen LogP contribution in [0.2, 0.25) is 0 Å². The first-order valence-electron chi connectivity index (χ1n) is 8.10. The van der Waals surface area contributed by atoms with Crippen molar-refractivity contribution >= 4 is 10.8 Å². The van der Waals surface area contributed by atoms with Gasteiger partial charge in [0, 0.05) is 17.4 Å². The van der Waals surface area contributed by atoms with E-state index in [2.05, 4.69) is 0 Å². The van der Waals surface area contributed by atoms with E-state index in [9.17, 15) is 4.21 Å². The zero-order chi connectivity index (χ0) is 17.3. The molecule has 0 unspecified atom stereocenters. The van der Waals surface area contributed by atoms with Crippen molar-refractivity contribution in [2.75, 3.05) is 13.7 Å². The molecular formula is C18H22O5S. The zero-order valence-corrected chi connectivity index (χ0v) is 15.4. The average Bonchev–Trinajstić information content (AvgIpc) is 2.74. The van der Waals surface area contributed by atoms with E-state index in [1.165, 1.54) is 0 Å². The molecule has 0 aromatic heterocycles. The number of hydrogen-bond donors (Lipinski definition) is 0. The first kappa shape index (κ1) is 15.8. The predicted octanol–water partition coefficient (Wildman–Crippen LogP) is 3.28. The van der Waals surface area contributed by atoms with E-state index in [-0.39, 0.29) is 11.8 Å². The Morgan fingerprint density at radius 3 is 2.67 bits per heavy atom. The zero-order valence-electron chi connectivity index (χ0n) is 14.5. The molecule has 0 bridgehead atoms. The van der Waals surface area contributed by atoms with E-state index in [0.29, 0.717) is 18.3 Å². The lowest BCUT2D eigenvalue weighted by molar-refractivity contribution is -0.125. The van der Waals surface area contributed by atoms with Gasteiger partial charge < -0.3 is 18.9 Å². The van der Waals surface area contributed by atoms with Crippen LogP contribution in [0.25, 0.3) is 0 Å². The molecule has 0 aliphatic carbocycles. The quantitative estimate of drug-likeness (QED) is 0.778. The molecule has 5 nitrogen and oxygen atoms in total. The number of allylic oxidation sites excluding steroid dienone is 1. The fourth-order valence-corrected chi connectivity index (χ4v) is 5.22. The van der Waals surface area contributed by atoms with Crippen molar-refractivity contribution in [3.8, 4) is 11.5 Å². The molecule has 1 aromatic rings. The Kier molecular flexibility index (Phi) is 3.24. The number of para-hydroxylation sites is 1. The molecule has 4 rings (SSSR count). The van der Waals surface area contributed by atoms with E-state index in [0.717, 1.165) is 16.2 Å². The lowest BCUT2D eigenvalue weighted by atomic mass is 9.73. The molecule has 1 aromatic carbocycles. The summed E-state index contributed by atoms with van der Waals surface area (Å²) in [5.41, 5.74) is 0.513. The summed E-state index contributed by atoms with van der Waals surface area (Å²) in [5.74, 6) is 1.83. The maximum Gasteiger partial charge on any atom is 0.294 e. The van der Waals surface area contributed by atoms with Gasteiger partial charge in [-0.25, -0.2) is 0 Å². The molecule has 0 spiro atoms. The molecule has 3 atom stereocenters. The first-order chi connectivity index (χ1) is 11.3. The van der Waals surface area contributed by atoms with Crippen molar-refractivity contribution in [3.63, 3.8) is 0 Å². The number of hydrogen-bond acceptors (Lipinski definition) is 5. The van der Waals surface area contributed by atoms with Crippen LogP contribution in [0.15, 0.2) is 29.0 Å². The molecule has 3 aliphatic rings. The van der Waals surface area contributed by atoms with Crippen LogP contribution in [-0.4, -0.2) is 28.5 Å². The Morgan fingerprint density at radius 1 is 1.21 bits per heavy atom. The highest BCUT2D eigenvalue weighted by Crippen LogP contribution is 2.57. The summed E-state index contributed by atoms with van der Waals surface area (Å²) in [7, 11) is 0.348. The van der Waals surface area contributed by atoms with Crippen LogP contribution in [0.4, 0.5) is 0 Å². The standard InChI is InChI=1S/C18H22O5S/c1-17(2)11-9-21-14-10(7-6-8-12(14)20-5)13(11)15-16(22-17)23-18(3,4)24(15)19/h6-8,11,13H,9H2,1-5H3/t11-,13+,24-/m0/s1. The summed E-state index contributed by atoms with van der Waals surface area (Å²) in [5, 5.41) is 0. The fourth-order valence-electron chi connectivity index (χ4n) is 3.78. The Labute approximate surface area is 144 Å². The maximum absolute atomic E-state index is 13.1. The van der Waals surface area contributed by atoms with Crippen LogP contribution >= 0.6 is 0 Å². The van der Waals surface area contributed by atoms with Gasteiger partial charge in [0.2, 0.25) is 0 Å². The largest absolute Gasteiger partial charge is 0.493 e. The molecule has 0 saturated heterocycles. The highest BCUT2D eigenvalue weighted by molar-refractivity contribution is 7.90. The summed E-state index contributed by atoms with van der Waals surface area (Å²) in [6.45, 7) is 8.21. The van der Waals surface area contributed by atoms with Gasteiger partial charge in [-0.1, -0.05) is 12.1 Å². The van der Waals surface area contributed by atoms with Gasteiger partial charge in [0.05, 0.1) is 13.7 Å². The van der Waals surface area contributed by atoms with Gasteiger partial charge in [0.25, 0.3) is 5.95 Å². The topological polar surface area (TPSA) is 54.0 Å². The summed E-state index contributed by atoms with van der Waals surface area (Å²) in [6, 6.07) is 5.84. The molecule has 0 fully saturated rings. The van der Waals surface area contributed by atoms with Crippen LogP contribution in [0, 0.1) is 5.92 Å². The molecule has 0 saturated carbocycles. The minimum absolute atomic E-state index is 0.0531. The Hall–Kier alpha value is -1.69. The van der Waals surface area contributed by atoms with Crippen LogP contribution in [0.1, 0.15) is 39.2 Å². The van der Waals surface area contributed by atoms with Crippen molar-refractivity contribution in [2.24, 2.45) is 5.92 Å². The second-order valence-corrected chi connectivity index (χ2v) is 9.36. The second-order valence-electron chi connectivity index (χ2n) is 7.40. The molecule has 3 heterocycles. The van der Waals surface area contributed by atoms with Gasteiger partial charge >= 0.3 is 0 Å². The monoisotopic (exact) mass is 350 g/mol. The molecule has 130 valence electrons. The van der Waals surface area contributed by atoms with Gasteiger partial charge in [0.15, 0.2) is 16.4 Å². The Balaban J connectivity index is 1.93. The highest BCUT2D eigenvalue weighted by atomic mass is 32.2. The van der Waals surface area contributed by atoms with Gasteiger partial charge in [-0.15, -0.1) is 0 Å². The van der Waals surface area contributed by atoms with E-state index in [1.807, 2.05) is 45.9 Å². The average molecular weight is 350 g/mol. The van der Waals surface area contributed by atoms with Crippen LogP contribution in [0.5, 0.6) is 11.5 Å². The van der Waals surface area contributed by atoms with Gasteiger partial charge in [-0.3, -0.25) is 4.21 Å². The third-order valence-corrected chi connectivity index (χ3v) is 6.89. The smallest absolute Gasteiger partial charge is 0.294 e. The van der Waals surface area contributed by atoms with Crippen LogP contribution in [-0.2, 0) is 20.3 Å². The van der Waals surface area contributed by atoms with E-state index in [1.54, 1.807) is 7.11 Å². The normalized spacial score (nSPS) is 31.8. The minimum atomic E-state index is -1.28. The van der Waals surface area contributed by atoms with Crippen molar-refractivity contribution in [3.05, 3.63) is 34.6 Å². The van der Waals surface area contributed by atoms with E-state index < -0.39 is 21.3 Å². The lowest BCUT2D eigenvalue weighted by Gasteiger charge is -2.45. The Morgan fingerprint density at radius 2 is 1.96 bits per heavy atom. The maximum atomic E-state index is 13.1. The summed E-state index contributed by atoms with van der Waals surface area (Å²) in [6.07, 6.45) is 0. The number of benzene rings is 1. The van der Waals surface area contributed by atoms with E-state index >= 15 is 0 Å². The molecule has 0 N–H and O–H groups in total. The van der Waals surface area contributed by atoms with Crippen molar-refractivity contribution in [1.29, 1.82) is 0 Å². The summed E-state index contributed by atoms with van der Waals surface area (Å²) < 4.78 is 36.5. The van der Waals surface area contributed by atoms with Crippen molar-refractivity contribution in [2.45, 2.75) is 44.1 Å². The van der Waals surface area contributed by atoms with E-state index in [4.69, 9.17) is 18.9 Å². The van der Waals surface area contributed by atoms with Crippen molar-refractivity contribution < 1.29 is 23.2 Å². The number of rotatable bonds is 1. The first-order valence-corrected chi connectivity index (χ1v) is 9.25. The summed E-state index contributed by atoms with van der Waals surface area (Å²) >= 11 is 0. The fraction of sp³-hybridized carbons (Fsp3) is 0.556. The third kappa shape index (κ3) is 2.01. The molecular weight excluding hydrogens is 328 g/mol. The van der Waals surface area contributed by atoms with Gasteiger partial charge in [-0.05, 0) is 33.8 Å². The predicted molar refractivity (Wildman–Crippen MR) is 90.2 cm³/mol. The van der Waals surface area contributed by atoms with Gasteiger partial charge in [0.1, 0.15) is 21.3 Å². The molecule has 3 aliphatic heterocycles. The number of ether oxygens (including phenoxy) is 4. The molecule has 6 heteroatoms. The number of methoxy groups -OCH3 is 1. The minimum Gasteiger partial charge on any atom is -0.493 e. The second kappa shape index (κ2) is 4.91. The highest BCUT2D eigenvalue weighted by Gasteiger charge is 2.57. The summed E-state index contributed by atoms with van der Waals surface area (Å²) in [4.78, 5) is -0.0467. The molecule has 0 radical (unpaired) electrons. The number of fused-ring (bicyclic) bond motifs is 4. The SMILES string of the molecule is COc1cccc2c1OC[C@H]1[C@@H]2C2=C(OC1(C)C)OC(C)(C)[S@]2=O. The van der Waals surface area contributed by atoms with Crippen LogP contribution < -0.4 is 9.47 Å². The molecule has 24 heavy (non-hydrogen) atoms. The van der Waals surface area contributed by atoms with Crippen molar-refractivity contribution in [1.82, 2.24) is 0 Å².